The van der Waals surface area contributed by atoms with E-state index in [2.05, 4.69) is 4.72 Å². The van der Waals surface area contributed by atoms with Crippen molar-refractivity contribution in [3.63, 3.8) is 0 Å². The fraction of sp³-hybridized carbons (Fsp3) is 0.125. The molecule has 2 rings (SSSR count). The number of carbonyl (C=O) groups is 1. The molecule has 0 aromatic heterocycles. The Morgan fingerprint density at radius 1 is 1.50 bits per heavy atom. The van der Waals surface area contributed by atoms with Crippen molar-refractivity contribution in [1.82, 2.24) is 4.72 Å². The Morgan fingerprint density at radius 3 is 3.00 bits per heavy atom. The largest absolute Gasteiger partial charge is 0.368 e. The fourth-order valence-electron chi connectivity index (χ4n) is 1.21. The second kappa shape index (κ2) is 2.80. The van der Waals surface area contributed by atoms with Gasteiger partial charge in [-0.1, -0.05) is 18.2 Å². The van der Waals surface area contributed by atoms with Gasteiger partial charge in [-0.3, -0.25) is 4.79 Å². The molecule has 0 saturated heterocycles. The summed E-state index contributed by atoms with van der Waals surface area (Å²) in [6.07, 6.45) is 0. The van der Waals surface area contributed by atoms with Crippen LogP contribution in [0.15, 0.2) is 29.2 Å². The van der Waals surface area contributed by atoms with Crippen LogP contribution in [0.4, 0.5) is 0 Å². The minimum Gasteiger partial charge on any atom is -0.368 e. The van der Waals surface area contributed by atoms with Crippen LogP contribution in [0, 0.1) is 0 Å². The zero-order valence-corrected chi connectivity index (χ0v) is 7.10. The minimum absolute atomic E-state index is 0.326. The van der Waals surface area contributed by atoms with E-state index >= 15 is 0 Å². The molecule has 1 aromatic rings. The molecule has 0 radical (unpaired) electrons. The molecule has 0 bridgehead atoms. The Morgan fingerprint density at radius 2 is 2.25 bits per heavy atom. The Hall–Kier alpha value is -1.00. The maximum absolute atomic E-state index is 10.9. The average Bonchev–Trinajstić information content (AvgIpc) is 2.47. The zero-order valence-electron chi connectivity index (χ0n) is 6.28. The van der Waals surface area contributed by atoms with Crippen molar-refractivity contribution < 1.29 is 4.79 Å². The van der Waals surface area contributed by atoms with E-state index < -0.39 is 0 Å². The first kappa shape index (κ1) is 7.64. The Labute approximate surface area is 74.5 Å². The highest BCUT2D eigenvalue weighted by Gasteiger charge is 2.26. The maximum Gasteiger partial charge on any atom is 0.240 e. The smallest absolute Gasteiger partial charge is 0.240 e. The van der Waals surface area contributed by atoms with Crippen molar-refractivity contribution in [1.29, 1.82) is 0 Å². The summed E-state index contributed by atoms with van der Waals surface area (Å²) in [7, 11) is 0. The van der Waals surface area contributed by atoms with Gasteiger partial charge in [-0.2, -0.15) is 0 Å². The van der Waals surface area contributed by atoms with Crippen LogP contribution in [-0.2, 0) is 4.79 Å². The first-order chi connectivity index (χ1) is 5.79. The molecule has 1 unspecified atom stereocenters. The first-order valence-electron chi connectivity index (χ1n) is 3.59. The van der Waals surface area contributed by atoms with Gasteiger partial charge in [0.1, 0.15) is 6.04 Å². The van der Waals surface area contributed by atoms with Crippen molar-refractivity contribution >= 4 is 17.9 Å². The standard InChI is InChI=1S/C8H8N2OS/c9-8(11)7-5-3-1-2-4-6(5)12-10-7/h1-4,7,10H,(H2,9,11). The van der Waals surface area contributed by atoms with Crippen molar-refractivity contribution in [2.45, 2.75) is 10.9 Å². The third kappa shape index (κ3) is 1.09. The Kier molecular flexibility index (Phi) is 1.78. The zero-order chi connectivity index (χ0) is 8.55. The predicted octanol–water partition coefficient (Wildman–Crippen LogP) is 0.823. The molecule has 1 aliphatic rings. The van der Waals surface area contributed by atoms with E-state index in [9.17, 15) is 4.79 Å². The van der Waals surface area contributed by atoms with Gasteiger partial charge < -0.3 is 5.73 Å². The SMILES string of the molecule is NC(=O)C1NSc2ccccc21. The lowest BCUT2D eigenvalue weighted by Crippen LogP contribution is -2.26. The number of rotatable bonds is 1. The van der Waals surface area contributed by atoms with Crippen molar-refractivity contribution in [2.75, 3.05) is 0 Å². The predicted molar refractivity (Wildman–Crippen MR) is 47.4 cm³/mol. The first-order valence-corrected chi connectivity index (χ1v) is 4.41. The van der Waals surface area contributed by atoms with Gasteiger partial charge in [-0.05, 0) is 23.6 Å². The highest BCUT2D eigenvalue weighted by atomic mass is 32.2. The van der Waals surface area contributed by atoms with Crippen LogP contribution in [0.25, 0.3) is 0 Å². The Balaban J connectivity index is 2.42. The number of carbonyl (C=O) groups excluding carboxylic acids is 1. The van der Waals surface area contributed by atoms with Gasteiger partial charge >= 0.3 is 0 Å². The molecule has 1 amide bonds. The molecular formula is C8H8N2OS. The number of fused-ring (bicyclic) bond motifs is 1. The summed E-state index contributed by atoms with van der Waals surface area (Å²) in [4.78, 5) is 12.0. The molecule has 0 fully saturated rings. The van der Waals surface area contributed by atoms with E-state index in [1.165, 1.54) is 11.9 Å². The molecule has 4 heteroatoms. The Bertz CT molecular complexity index is 327. The minimum atomic E-state index is -0.328. The number of primary amides is 1. The third-order valence-electron chi connectivity index (χ3n) is 1.80. The van der Waals surface area contributed by atoms with E-state index in [1.807, 2.05) is 24.3 Å². The second-order valence-corrected chi connectivity index (χ2v) is 3.47. The molecule has 62 valence electrons. The van der Waals surface area contributed by atoms with Crippen molar-refractivity contribution in [3.8, 4) is 0 Å². The number of hydrogen-bond acceptors (Lipinski definition) is 3. The number of hydrogen-bond donors (Lipinski definition) is 2. The summed E-state index contributed by atoms with van der Waals surface area (Å²) in [6.45, 7) is 0. The lowest BCUT2D eigenvalue weighted by atomic mass is 10.1. The molecule has 0 aliphatic carbocycles. The van der Waals surface area contributed by atoms with Crippen molar-refractivity contribution in [3.05, 3.63) is 29.8 Å². The highest BCUT2D eigenvalue weighted by molar-refractivity contribution is 7.97. The maximum atomic E-state index is 10.9. The van der Waals surface area contributed by atoms with Crippen LogP contribution in [-0.4, -0.2) is 5.91 Å². The molecule has 0 spiro atoms. The molecule has 12 heavy (non-hydrogen) atoms. The van der Waals surface area contributed by atoms with E-state index in [1.54, 1.807) is 0 Å². The number of benzene rings is 1. The highest BCUT2D eigenvalue weighted by Crippen LogP contribution is 2.34. The lowest BCUT2D eigenvalue weighted by molar-refractivity contribution is -0.119. The molecule has 3 nitrogen and oxygen atoms in total. The van der Waals surface area contributed by atoms with Crippen LogP contribution >= 0.6 is 11.9 Å². The third-order valence-corrected chi connectivity index (χ3v) is 2.75. The molecular weight excluding hydrogens is 172 g/mol. The quantitative estimate of drug-likeness (QED) is 0.629. The monoisotopic (exact) mass is 180 g/mol. The van der Waals surface area contributed by atoms with Crippen molar-refractivity contribution in [2.24, 2.45) is 5.73 Å². The summed E-state index contributed by atoms with van der Waals surface area (Å²) in [6, 6.07) is 7.40. The molecule has 3 N–H and O–H groups in total. The van der Waals surface area contributed by atoms with Gasteiger partial charge in [0, 0.05) is 4.90 Å². The van der Waals surface area contributed by atoms with E-state index in [0.717, 1.165) is 10.5 Å². The average molecular weight is 180 g/mol. The molecule has 0 saturated carbocycles. The van der Waals surface area contributed by atoms with Gasteiger partial charge in [0.2, 0.25) is 5.91 Å². The van der Waals surface area contributed by atoms with Crippen LogP contribution in [0.2, 0.25) is 0 Å². The summed E-state index contributed by atoms with van der Waals surface area (Å²) in [5.74, 6) is -0.326. The summed E-state index contributed by atoms with van der Waals surface area (Å²) < 4.78 is 2.96. The number of nitrogens with one attached hydrogen (secondary N) is 1. The number of amides is 1. The van der Waals surface area contributed by atoms with Gasteiger partial charge in [-0.15, -0.1) is 0 Å². The molecule has 1 aromatic carbocycles. The summed E-state index contributed by atoms with van der Waals surface area (Å²) >= 11 is 1.45. The van der Waals surface area contributed by atoms with E-state index in [0.29, 0.717) is 0 Å². The number of nitrogens with two attached hydrogens (primary N) is 1. The molecule has 1 atom stereocenters. The van der Waals surface area contributed by atoms with Gasteiger partial charge in [0.25, 0.3) is 0 Å². The van der Waals surface area contributed by atoms with E-state index in [-0.39, 0.29) is 11.9 Å². The lowest BCUT2D eigenvalue weighted by Gasteiger charge is -2.04. The van der Waals surface area contributed by atoms with Gasteiger partial charge in [-0.25, -0.2) is 4.72 Å². The van der Waals surface area contributed by atoms with Gasteiger partial charge in [0.15, 0.2) is 0 Å². The molecule has 1 heterocycles. The van der Waals surface area contributed by atoms with Gasteiger partial charge in [0.05, 0.1) is 0 Å². The fourth-order valence-corrected chi connectivity index (χ4v) is 2.15. The summed E-state index contributed by atoms with van der Waals surface area (Å²) in [5.41, 5.74) is 6.18. The topological polar surface area (TPSA) is 55.1 Å². The molecule has 1 aliphatic heterocycles. The second-order valence-electron chi connectivity index (χ2n) is 2.59. The van der Waals surface area contributed by atoms with E-state index in [4.69, 9.17) is 5.73 Å². The van der Waals surface area contributed by atoms with Crippen LogP contribution < -0.4 is 10.5 Å². The normalized spacial score (nSPS) is 20.5. The van der Waals surface area contributed by atoms with Crippen LogP contribution in [0.1, 0.15) is 11.6 Å². The van der Waals surface area contributed by atoms with Crippen LogP contribution in [0.3, 0.4) is 0 Å². The van der Waals surface area contributed by atoms with Crippen LogP contribution in [0.5, 0.6) is 0 Å². The summed E-state index contributed by atoms with van der Waals surface area (Å²) in [5, 5.41) is 0.